The van der Waals surface area contributed by atoms with Crippen molar-refractivity contribution in [1.29, 1.82) is 15.8 Å². The van der Waals surface area contributed by atoms with Crippen molar-refractivity contribution in [3.8, 4) is 18.2 Å². The topological polar surface area (TPSA) is 87.0 Å². The van der Waals surface area contributed by atoms with Crippen molar-refractivity contribution in [2.24, 2.45) is 10.9 Å². The van der Waals surface area contributed by atoms with Gasteiger partial charge in [0.05, 0.1) is 12.4 Å². The molecule has 82 valence electrons. The van der Waals surface area contributed by atoms with Gasteiger partial charge in [-0.2, -0.15) is 15.8 Å². The molecule has 0 radical (unpaired) electrons. The molecule has 0 heterocycles. The molecule has 5 nitrogen and oxygen atoms in total. The van der Waals surface area contributed by atoms with Crippen LogP contribution in [0, 0.1) is 39.9 Å². The Labute approximate surface area is 99.5 Å². The maximum absolute atomic E-state index is 8.82. The van der Waals surface area contributed by atoms with Crippen molar-refractivity contribution in [3.05, 3.63) is 11.6 Å². The van der Waals surface area contributed by atoms with E-state index >= 15 is 0 Å². The lowest BCUT2D eigenvalue weighted by Crippen LogP contribution is -2.14. The highest BCUT2D eigenvalue weighted by Gasteiger charge is 2.16. The summed E-state index contributed by atoms with van der Waals surface area (Å²) in [5.74, 6) is -0.799. The van der Waals surface area contributed by atoms with Crippen molar-refractivity contribution >= 4 is 17.9 Å². The van der Waals surface area contributed by atoms with Gasteiger partial charge >= 0.3 is 0 Å². The number of nitriles is 3. The minimum Gasteiger partial charge on any atom is -0.369 e. The van der Waals surface area contributed by atoms with Crippen LogP contribution in [0.15, 0.2) is 16.6 Å². The summed E-state index contributed by atoms with van der Waals surface area (Å²) in [6, 6.07) is 5.21. The van der Waals surface area contributed by atoms with E-state index in [1.807, 2.05) is 6.07 Å². The summed E-state index contributed by atoms with van der Waals surface area (Å²) in [5.41, 5.74) is -0.957. The first-order valence-electron chi connectivity index (χ1n) is 4.30. The Hall–Kier alpha value is -2.03. The van der Waals surface area contributed by atoms with Gasteiger partial charge < -0.3 is 4.90 Å². The molecule has 0 saturated carbocycles. The molecule has 0 aliphatic heterocycles. The van der Waals surface area contributed by atoms with Crippen LogP contribution in [0.2, 0.25) is 0 Å². The molecule has 0 fully saturated rings. The van der Waals surface area contributed by atoms with Crippen LogP contribution in [0.4, 0.5) is 0 Å². The molecule has 0 aliphatic rings. The Morgan fingerprint density at radius 3 is 2.25 bits per heavy atom. The first kappa shape index (κ1) is 14.0. The van der Waals surface area contributed by atoms with Crippen LogP contribution < -0.4 is 0 Å². The van der Waals surface area contributed by atoms with Gasteiger partial charge in [0.2, 0.25) is 0 Å². The molecule has 0 rings (SSSR count). The van der Waals surface area contributed by atoms with Crippen molar-refractivity contribution in [2.45, 2.75) is 5.50 Å². The number of halogens is 1. The SMILES string of the molecule is CN(C)C=NC(Cl)C(C#N)C=C(C#N)C#N. The predicted octanol–water partition coefficient (Wildman–Crippen LogP) is 1.25. The number of nitrogens with zero attached hydrogens (tertiary/aromatic N) is 5. The summed E-state index contributed by atoms with van der Waals surface area (Å²) >= 11 is 5.84. The van der Waals surface area contributed by atoms with Crippen LogP contribution in [0.3, 0.4) is 0 Å². The zero-order valence-electron chi connectivity index (χ0n) is 8.92. The Kier molecular flexibility index (Phi) is 6.36. The first-order chi connectivity index (χ1) is 7.54. The Morgan fingerprint density at radius 2 is 1.88 bits per heavy atom. The van der Waals surface area contributed by atoms with Crippen LogP contribution in [-0.2, 0) is 0 Å². The average Bonchev–Trinajstić information content (AvgIpc) is 2.27. The van der Waals surface area contributed by atoms with Gasteiger partial charge in [0.1, 0.15) is 29.1 Å². The Morgan fingerprint density at radius 1 is 1.31 bits per heavy atom. The van der Waals surface area contributed by atoms with Gasteiger partial charge in [0.25, 0.3) is 0 Å². The van der Waals surface area contributed by atoms with E-state index in [0.29, 0.717) is 0 Å². The van der Waals surface area contributed by atoms with Gasteiger partial charge in [0, 0.05) is 14.1 Å². The van der Waals surface area contributed by atoms with Crippen molar-refractivity contribution < 1.29 is 0 Å². The quantitative estimate of drug-likeness (QED) is 0.241. The Bertz CT molecular complexity index is 388. The van der Waals surface area contributed by atoms with E-state index in [4.69, 9.17) is 27.4 Å². The highest BCUT2D eigenvalue weighted by atomic mass is 35.5. The number of rotatable bonds is 4. The minimum atomic E-state index is -0.816. The van der Waals surface area contributed by atoms with E-state index in [1.165, 1.54) is 12.4 Å². The third kappa shape index (κ3) is 5.00. The molecule has 0 bridgehead atoms. The predicted molar refractivity (Wildman–Crippen MR) is 60.2 cm³/mol. The van der Waals surface area contributed by atoms with Crippen LogP contribution in [0.25, 0.3) is 0 Å². The largest absolute Gasteiger partial charge is 0.369 e. The summed E-state index contributed by atoms with van der Waals surface area (Å²) in [6.07, 6.45) is 2.68. The lowest BCUT2D eigenvalue weighted by molar-refractivity contribution is 0.631. The summed E-state index contributed by atoms with van der Waals surface area (Å²) in [5, 5.41) is 25.9. The lowest BCUT2D eigenvalue weighted by atomic mass is 10.1. The van der Waals surface area contributed by atoms with Gasteiger partial charge in [-0.25, -0.2) is 0 Å². The monoisotopic (exact) mass is 235 g/mol. The molecule has 0 amide bonds. The van der Waals surface area contributed by atoms with Crippen molar-refractivity contribution in [1.82, 2.24) is 4.90 Å². The van der Waals surface area contributed by atoms with Crippen molar-refractivity contribution in [3.63, 3.8) is 0 Å². The highest BCUT2D eigenvalue weighted by molar-refractivity contribution is 6.21. The summed E-state index contributed by atoms with van der Waals surface area (Å²) in [6.45, 7) is 0. The third-order valence-electron chi connectivity index (χ3n) is 1.47. The summed E-state index contributed by atoms with van der Waals surface area (Å²) in [4.78, 5) is 5.57. The number of allylic oxidation sites excluding steroid dienone is 1. The number of hydrogen-bond acceptors (Lipinski definition) is 4. The first-order valence-corrected chi connectivity index (χ1v) is 4.74. The second-order valence-electron chi connectivity index (χ2n) is 3.06. The van der Waals surface area contributed by atoms with Gasteiger partial charge in [-0.15, -0.1) is 0 Å². The van der Waals surface area contributed by atoms with Crippen molar-refractivity contribution in [2.75, 3.05) is 14.1 Å². The number of alkyl halides is 1. The second-order valence-corrected chi connectivity index (χ2v) is 3.51. The van der Waals surface area contributed by atoms with E-state index < -0.39 is 11.4 Å². The molecule has 0 aromatic rings. The molecule has 0 aromatic carbocycles. The van der Waals surface area contributed by atoms with E-state index in [2.05, 4.69) is 4.99 Å². The number of hydrogen-bond donors (Lipinski definition) is 0. The molecule has 0 saturated heterocycles. The minimum absolute atomic E-state index is 0.141. The molecule has 16 heavy (non-hydrogen) atoms. The van der Waals surface area contributed by atoms with Crippen LogP contribution in [-0.4, -0.2) is 30.8 Å². The zero-order valence-corrected chi connectivity index (χ0v) is 9.68. The zero-order chi connectivity index (χ0) is 12.6. The molecule has 2 atom stereocenters. The molecule has 2 unspecified atom stereocenters. The van der Waals surface area contributed by atoms with Gasteiger partial charge in [-0.3, -0.25) is 4.99 Å². The smallest absolute Gasteiger partial charge is 0.144 e. The van der Waals surface area contributed by atoms with Crippen LogP contribution in [0.1, 0.15) is 0 Å². The fourth-order valence-electron chi connectivity index (χ4n) is 0.747. The van der Waals surface area contributed by atoms with E-state index in [-0.39, 0.29) is 5.57 Å². The average molecular weight is 236 g/mol. The number of aliphatic imine (C=N–C) groups is 1. The fourth-order valence-corrected chi connectivity index (χ4v) is 0.926. The van der Waals surface area contributed by atoms with Gasteiger partial charge in [-0.05, 0) is 6.08 Å². The van der Waals surface area contributed by atoms with Gasteiger partial charge in [0.15, 0.2) is 0 Å². The van der Waals surface area contributed by atoms with Crippen LogP contribution >= 0.6 is 11.6 Å². The fraction of sp³-hybridized carbons (Fsp3) is 0.400. The molecule has 0 N–H and O–H groups in total. The maximum atomic E-state index is 8.82. The third-order valence-corrected chi connectivity index (χ3v) is 1.86. The molecule has 0 aliphatic carbocycles. The lowest BCUT2D eigenvalue weighted by Gasteiger charge is -2.09. The summed E-state index contributed by atoms with van der Waals surface area (Å²) in [7, 11) is 3.53. The Balaban J connectivity index is 4.79. The molecular formula is C10H10ClN5. The van der Waals surface area contributed by atoms with E-state index in [1.54, 1.807) is 31.1 Å². The molecule has 0 spiro atoms. The standard InChI is InChI=1S/C10H10ClN5/c1-16(2)7-15-10(11)9(6-14)3-8(4-12)5-13/h3,7,9-10H,1-2H3. The van der Waals surface area contributed by atoms with E-state index in [9.17, 15) is 0 Å². The second kappa shape index (κ2) is 7.29. The van der Waals surface area contributed by atoms with E-state index in [0.717, 1.165) is 0 Å². The highest BCUT2D eigenvalue weighted by Crippen LogP contribution is 2.14. The van der Waals surface area contributed by atoms with Gasteiger partial charge in [-0.1, -0.05) is 11.6 Å². The molecule has 6 heteroatoms. The molecular weight excluding hydrogens is 226 g/mol. The van der Waals surface area contributed by atoms with Crippen LogP contribution in [0.5, 0.6) is 0 Å². The maximum Gasteiger partial charge on any atom is 0.144 e. The molecule has 0 aromatic heterocycles. The summed E-state index contributed by atoms with van der Waals surface area (Å²) < 4.78 is 0. The normalized spacial score (nSPS) is 13.0.